The molecule has 0 saturated carbocycles. The van der Waals surface area contributed by atoms with E-state index in [1.165, 1.54) is 18.2 Å². The van der Waals surface area contributed by atoms with Gasteiger partial charge in [0.15, 0.2) is 5.78 Å². The minimum Gasteiger partial charge on any atom is -0.488 e. The van der Waals surface area contributed by atoms with Crippen LogP contribution in [0.25, 0.3) is 0 Å². The molecule has 0 amide bonds. The van der Waals surface area contributed by atoms with Crippen molar-refractivity contribution in [3.63, 3.8) is 0 Å². The number of rotatable bonds is 5. The van der Waals surface area contributed by atoms with Crippen LogP contribution in [0.2, 0.25) is 5.02 Å². The molecule has 6 heteroatoms. The van der Waals surface area contributed by atoms with Crippen molar-refractivity contribution in [3.05, 3.63) is 64.2 Å². The van der Waals surface area contributed by atoms with E-state index in [1.807, 2.05) is 0 Å². The summed E-state index contributed by atoms with van der Waals surface area (Å²) in [6, 6.07) is 10.8. The maximum atomic E-state index is 12.6. The fourth-order valence-corrected chi connectivity index (χ4v) is 2.67. The molecule has 1 saturated heterocycles. The van der Waals surface area contributed by atoms with Crippen LogP contribution in [-0.4, -0.2) is 36.2 Å². The Bertz CT molecular complexity index is 763. The van der Waals surface area contributed by atoms with Gasteiger partial charge in [-0.2, -0.15) is 0 Å². The van der Waals surface area contributed by atoms with Gasteiger partial charge in [0, 0.05) is 17.5 Å². The van der Waals surface area contributed by atoms with E-state index in [9.17, 15) is 9.59 Å². The molecular formula is C18H15ClO5. The molecule has 0 spiro atoms. The fourth-order valence-electron chi connectivity index (χ4n) is 2.47. The predicted octanol–water partition coefficient (Wildman–Crippen LogP) is 3.44. The average Bonchev–Trinajstić information content (AvgIpc) is 3.08. The molecule has 2 aromatic rings. The maximum absolute atomic E-state index is 12.6. The molecule has 0 aromatic heterocycles. The van der Waals surface area contributed by atoms with Gasteiger partial charge in [-0.1, -0.05) is 11.6 Å². The SMILES string of the molecule is O=C(O)c1ccc(Cl)c(C(=O)c2ccc(O[C@H]3CCOC3)cc2)c1. The van der Waals surface area contributed by atoms with Gasteiger partial charge in [0.05, 0.1) is 23.8 Å². The minimum absolute atomic E-state index is 0.0175. The van der Waals surface area contributed by atoms with Gasteiger partial charge >= 0.3 is 5.97 Å². The fraction of sp³-hybridized carbons (Fsp3) is 0.222. The van der Waals surface area contributed by atoms with E-state index < -0.39 is 5.97 Å². The summed E-state index contributed by atoms with van der Waals surface area (Å²) in [6.45, 7) is 1.26. The molecule has 3 rings (SSSR count). The average molecular weight is 347 g/mol. The van der Waals surface area contributed by atoms with Crippen molar-refractivity contribution in [2.75, 3.05) is 13.2 Å². The topological polar surface area (TPSA) is 72.8 Å². The number of carbonyl (C=O) groups is 2. The van der Waals surface area contributed by atoms with Gasteiger partial charge in [-0.25, -0.2) is 4.79 Å². The summed E-state index contributed by atoms with van der Waals surface area (Å²) >= 11 is 6.04. The zero-order chi connectivity index (χ0) is 17.1. The summed E-state index contributed by atoms with van der Waals surface area (Å²) in [4.78, 5) is 23.6. The van der Waals surface area contributed by atoms with Gasteiger partial charge in [0.2, 0.25) is 0 Å². The van der Waals surface area contributed by atoms with Crippen LogP contribution in [0, 0.1) is 0 Å². The highest BCUT2D eigenvalue weighted by atomic mass is 35.5. The number of ether oxygens (including phenoxy) is 2. The van der Waals surface area contributed by atoms with Gasteiger partial charge in [-0.15, -0.1) is 0 Å². The van der Waals surface area contributed by atoms with E-state index in [4.69, 9.17) is 26.2 Å². The van der Waals surface area contributed by atoms with Crippen LogP contribution < -0.4 is 4.74 Å². The summed E-state index contributed by atoms with van der Waals surface area (Å²) in [7, 11) is 0. The zero-order valence-electron chi connectivity index (χ0n) is 12.7. The van der Waals surface area contributed by atoms with E-state index in [2.05, 4.69) is 0 Å². The Hall–Kier alpha value is -2.37. The molecule has 0 radical (unpaired) electrons. The highest BCUT2D eigenvalue weighted by Gasteiger charge is 2.18. The molecular weight excluding hydrogens is 332 g/mol. The number of benzene rings is 2. The van der Waals surface area contributed by atoms with Crippen LogP contribution in [0.3, 0.4) is 0 Å². The van der Waals surface area contributed by atoms with E-state index in [1.54, 1.807) is 24.3 Å². The van der Waals surface area contributed by atoms with Crippen LogP contribution in [-0.2, 0) is 4.74 Å². The first kappa shape index (κ1) is 16.5. The highest BCUT2D eigenvalue weighted by Crippen LogP contribution is 2.23. The van der Waals surface area contributed by atoms with Crippen molar-refractivity contribution >= 4 is 23.4 Å². The van der Waals surface area contributed by atoms with Crippen molar-refractivity contribution < 1.29 is 24.2 Å². The third-order valence-corrected chi connectivity index (χ3v) is 4.09. The molecule has 1 aliphatic rings. The second kappa shape index (κ2) is 7.03. The number of aromatic carboxylic acids is 1. The molecule has 1 fully saturated rings. The Morgan fingerprint density at radius 1 is 1.12 bits per heavy atom. The lowest BCUT2D eigenvalue weighted by Crippen LogP contribution is -2.15. The summed E-state index contributed by atoms with van der Waals surface area (Å²) in [5.41, 5.74) is 0.591. The Balaban J connectivity index is 1.79. The third-order valence-electron chi connectivity index (χ3n) is 3.77. The summed E-state index contributed by atoms with van der Waals surface area (Å²) < 4.78 is 11.0. The van der Waals surface area contributed by atoms with Gasteiger partial charge in [0.1, 0.15) is 11.9 Å². The van der Waals surface area contributed by atoms with E-state index in [-0.39, 0.29) is 28.0 Å². The van der Waals surface area contributed by atoms with Crippen molar-refractivity contribution in [3.8, 4) is 5.75 Å². The monoisotopic (exact) mass is 346 g/mol. The first-order chi connectivity index (χ1) is 11.5. The molecule has 0 aliphatic carbocycles. The van der Waals surface area contributed by atoms with E-state index >= 15 is 0 Å². The van der Waals surface area contributed by atoms with Crippen molar-refractivity contribution in [1.82, 2.24) is 0 Å². The first-order valence-corrected chi connectivity index (χ1v) is 7.84. The number of ketones is 1. The number of carboxylic acid groups (broad SMARTS) is 1. The molecule has 2 aromatic carbocycles. The van der Waals surface area contributed by atoms with E-state index in [0.717, 1.165) is 6.42 Å². The summed E-state index contributed by atoms with van der Waals surface area (Å²) in [5, 5.41) is 9.26. The van der Waals surface area contributed by atoms with E-state index in [0.29, 0.717) is 24.5 Å². The lowest BCUT2D eigenvalue weighted by molar-refractivity contribution is 0.0697. The van der Waals surface area contributed by atoms with Crippen molar-refractivity contribution in [1.29, 1.82) is 0 Å². The number of hydrogen-bond donors (Lipinski definition) is 1. The van der Waals surface area contributed by atoms with Crippen molar-refractivity contribution in [2.45, 2.75) is 12.5 Å². The molecule has 5 nitrogen and oxygen atoms in total. The maximum Gasteiger partial charge on any atom is 0.335 e. The van der Waals surface area contributed by atoms with Crippen LogP contribution in [0.4, 0.5) is 0 Å². The quantitative estimate of drug-likeness (QED) is 0.839. The molecule has 124 valence electrons. The predicted molar refractivity (Wildman–Crippen MR) is 88.1 cm³/mol. The Morgan fingerprint density at radius 3 is 2.46 bits per heavy atom. The third kappa shape index (κ3) is 3.58. The van der Waals surface area contributed by atoms with Gasteiger partial charge in [0.25, 0.3) is 0 Å². The summed E-state index contributed by atoms with van der Waals surface area (Å²) in [5.74, 6) is -0.783. The molecule has 0 bridgehead atoms. The molecule has 0 unspecified atom stereocenters. The van der Waals surface area contributed by atoms with Crippen LogP contribution in [0.5, 0.6) is 5.75 Å². The minimum atomic E-state index is -1.11. The number of carbonyl (C=O) groups excluding carboxylic acids is 1. The zero-order valence-corrected chi connectivity index (χ0v) is 13.5. The van der Waals surface area contributed by atoms with Gasteiger partial charge in [-0.3, -0.25) is 4.79 Å². The second-order valence-corrected chi connectivity index (χ2v) is 5.86. The van der Waals surface area contributed by atoms with Crippen LogP contribution in [0.15, 0.2) is 42.5 Å². The molecule has 1 aliphatic heterocycles. The van der Waals surface area contributed by atoms with Crippen LogP contribution in [0.1, 0.15) is 32.7 Å². The largest absolute Gasteiger partial charge is 0.488 e. The molecule has 1 atom stereocenters. The molecule has 1 N–H and O–H groups in total. The smallest absolute Gasteiger partial charge is 0.335 e. The second-order valence-electron chi connectivity index (χ2n) is 5.46. The molecule has 24 heavy (non-hydrogen) atoms. The normalized spacial score (nSPS) is 16.8. The van der Waals surface area contributed by atoms with Gasteiger partial charge < -0.3 is 14.6 Å². The number of halogens is 1. The lowest BCUT2D eigenvalue weighted by Gasteiger charge is -2.12. The Labute approximate surface area is 143 Å². The Morgan fingerprint density at radius 2 is 1.83 bits per heavy atom. The number of carboxylic acids is 1. The van der Waals surface area contributed by atoms with Crippen LogP contribution >= 0.6 is 11.6 Å². The first-order valence-electron chi connectivity index (χ1n) is 7.46. The lowest BCUT2D eigenvalue weighted by atomic mass is 10.0. The van der Waals surface area contributed by atoms with Crippen molar-refractivity contribution in [2.24, 2.45) is 0 Å². The highest BCUT2D eigenvalue weighted by molar-refractivity contribution is 6.35. The number of hydrogen-bond acceptors (Lipinski definition) is 4. The van der Waals surface area contributed by atoms with Gasteiger partial charge in [-0.05, 0) is 42.5 Å². The standard InChI is InChI=1S/C18H15ClO5/c19-16-6-3-12(18(21)22)9-15(16)17(20)11-1-4-13(5-2-11)24-14-7-8-23-10-14/h1-6,9,14H,7-8,10H2,(H,21,22)/t14-/m0/s1. The summed E-state index contributed by atoms with van der Waals surface area (Å²) in [6.07, 6.45) is 0.881. The molecule has 1 heterocycles. The Kier molecular flexibility index (Phi) is 4.83.